The lowest BCUT2D eigenvalue weighted by atomic mass is 10.2. The molecular formula is C13H12Cl2N2O2S. The van der Waals surface area contributed by atoms with Gasteiger partial charge < -0.3 is 5.73 Å². The third-order valence-electron chi connectivity index (χ3n) is 2.66. The van der Waals surface area contributed by atoms with Crippen LogP contribution in [0.3, 0.4) is 0 Å². The van der Waals surface area contributed by atoms with E-state index in [1.165, 1.54) is 12.1 Å². The van der Waals surface area contributed by atoms with Crippen molar-refractivity contribution in [3.8, 4) is 0 Å². The van der Waals surface area contributed by atoms with E-state index in [9.17, 15) is 8.42 Å². The van der Waals surface area contributed by atoms with Gasteiger partial charge in [-0.1, -0.05) is 41.4 Å². The third kappa shape index (κ3) is 3.43. The van der Waals surface area contributed by atoms with Crippen molar-refractivity contribution in [1.29, 1.82) is 0 Å². The maximum Gasteiger partial charge on any atom is 0.242 e. The zero-order valence-corrected chi connectivity index (χ0v) is 12.6. The summed E-state index contributed by atoms with van der Waals surface area (Å²) >= 11 is 11.7. The molecule has 0 bridgehead atoms. The van der Waals surface area contributed by atoms with Crippen LogP contribution in [-0.4, -0.2) is 8.42 Å². The van der Waals surface area contributed by atoms with Gasteiger partial charge in [-0.3, -0.25) is 0 Å². The van der Waals surface area contributed by atoms with Crippen molar-refractivity contribution in [3.63, 3.8) is 0 Å². The van der Waals surface area contributed by atoms with E-state index < -0.39 is 10.0 Å². The van der Waals surface area contributed by atoms with Crippen molar-refractivity contribution in [3.05, 3.63) is 58.1 Å². The number of nitrogens with one attached hydrogen (secondary N) is 1. The molecule has 0 heterocycles. The van der Waals surface area contributed by atoms with Crippen molar-refractivity contribution >= 4 is 38.9 Å². The number of anilines is 1. The quantitative estimate of drug-likeness (QED) is 0.846. The highest BCUT2D eigenvalue weighted by Crippen LogP contribution is 2.23. The zero-order valence-electron chi connectivity index (χ0n) is 10.3. The molecule has 0 amide bonds. The lowest BCUT2D eigenvalue weighted by Crippen LogP contribution is -2.24. The Morgan fingerprint density at radius 2 is 1.75 bits per heavy atom. The maximum absolute atomic E-state index is 12.1. The Balaban J connectivity index is 2.17. The SMILES string of the molecule is Nc1ccccc1S(=O)(=O)NCc1ccc(Cl)c(Cl)c1. The Labute approximate surface area is 127 Å². The Morgan fingerprint density at radius 1 is 1.05 bits per heavy atom. The van der Waals surface area contributed by atoms with Crippen LogP contribution in [0.2, 0.25) is 10.0 Å². The molecule has 2 aromatic rings. The fourth-order valence-electron chi connectivity index (χ4n) is 1.63. The van der Waals surface area contributed by atoms with Gasteiger partial charge in [-0.05, 0) is 29.8 Å². The van der Waals surface area contributed by atoms with Crippen LogP contribution in [0.5, 0.6) is 0 Å². The number of hydrogen-bond donors (Lipinski definition) is 2. The lowest BCUT2D eigenvalue weighted by molar-refractivity contribution is 0.582. The average molecular weight is 331 g/mol. The van der Waals surface area contributed by atoms with E-state index >= 15 is 0 Å². The zero-order chi connectivity index (χ0) is 14.8. The van der Waals surface area contributed by atoms with Crippen LogP contribution in [0.15, 0.2) is 47.4 Å². The highest BCUT2D eigenvalue weighted by molar-refractivity contribution is 7.89. The molecule has 0 aromatic heterocycles. The molecule has 0 aliphatic rings. The fraction of sp³-hybridized carbons (Fsp3) is 0.0769. The van der Waals surface area contributed by atoms with Crippen LogP contribution in [0.1, 0.15) is 5.56 Å². The summed E-state index contributed by atoms with van der Waals surface area (Å²) in [5.41, 5.74) is 6.57. The number of halogens is 2. The molecule has 0 radical (unpaired) electrons. The van der Waals surface area contributed by atoms with E-state index in [-0.39, 0.29) is 17.1 Å². The smallest absolute Gasteiger partial charge is 0.242 e. The summed E-state index contributed by atoms with van der Waals surface area (Å²) in [6, 6.07) is 11.2. The van der Waals surface area contributed by atoms with Crippen molar-refractivity contribution in [2.75, 3.05) is 5.73 Å². The van der Waals surface area contributed by atoms with Crippen molar-refractivity contribution < 1.29 is 8.42 Å². The Morgan fingerprint density at radius 3 is 2.40 bits per heavy atom. The number of benzene rings is 2. The molecule has 7 heteroatoms. The summed E-state index contributed by atoms with van der Waals surface area (Å²) in [5, 5.41) is 0.799. The number of para-hydroxylation sites is 1. The molecular weight excluding hydrogens is 319 g/mol. The van der Waals surface area contributed by atoms with Crippen molar-refractivity contribution in [1.82, 2.24) is 4.72 Å². The first-order chi connectivity index (χ1) is 9.40. The number of hydrogen-bond acceptors (Lipinski definition) is 3. The predicted molar refractivity (Wildman–Crippen MR) is 81.3 cm³/mol. The second kappa shape index (κ2) is 6.01. The van der Waals surface area contributed by atoms with Crippen LogP contribution in [0.25, 0.3) is 0 Å². The molecule has 0 aliphatic heterocycles. The molecule has 0 aliphatic carbocycles. The summed E-state index contributed by atoms with van der Waals surface area (Å²) in [6.07, 6.45) is 0. The largest absolute Gasteiger partial charge is 0.398 e. The van der Waals surface area contributed by atoms with Crippen LogP contribution >= 0.6 is 23.2 Å². The summed E-state index contributed by atoms with van der Waals surface area (Å²) in [7, 11) is -3.66. The van der Waals surface area contributed by atoms with Crippen LogP contribution in [0.4, 0.5) is 5.69 Å². The topological polar surface area (TPSA) is 72.2 Å². The molecule has 0 fully saturated rings. The molecule has 0 spiro atoms. The molecule has 0 atom stereocenters. The van der Waals surface area contributed by atoms with E-state index in [0.29, 0.717) is 15.6 Å². The van der Waals surface area contributed by atoms with Crippen molar-refractivity contribution in [2.24, 2.45) is 0 Å². The van der Waals surface area contributed by atoms with Gasteiger partial charge in [0.15, 0.2) is 0 Å². The molecule has 0 saturated heterocycles. The molecule has 3 N–H and O–H groups in total. The van der Waals surface area contributed by atoms with Gasteiger partial charge in [-0.2, -0.15) is 0 Å². The summed E-state index contributed by atoms with van der Waals surface area (Å²) in [6.45, 7) is 0.105. The minimum atomic E-state index is -3.66. The molecule has 2 aromatic carbocycles. The minimum Gasteiger partial charge on any atom is -0.398 e. The second-order valence-corrected chi connectivity index (χ2v) is 6.66. The van der Waals surface area contributed by atoms with Gasteiger partial charge in [0.1, 0.15) is 4.90 Å². The molecule has 106 valence electrons. The molecule has 0 saturated carbocycles. The number of nitrogens with two attached hydrogens (primary N) is 1. The standard InChI is InChI=1S/C13H12Cl2N2O2S/c14-10-6-5-9(7-11(10)15)8-17-20(18,19)13-4-2-1-3-12(13)16/h1-7,17H,8,16H2. The van der Waals surface area contributed by atoms with Gasteiger partial charge in [-0.25, -0.2) is 13.1 Å². The van der Waals surface area contributed by atoms with Gasteiger partial charge in [0, 0.05) is 6.54 Å². The minimum absolute atomic E-state index is 0.0556. The summed E-state index contributed by atoms with van der Waals surface area (Å²) in [5.74, 6) is 0. The monoisotopic (exact) mass is 330 g/mol. The molecule has 4 nitrogen and oxygen atoms in total. The van der Waals surface area contributed by atoms with Crippen LogP contribution in [0, 0.1) is 0 Å². The Hall–Kier alpha value is -1.27. The summed E-state index contributed by atoms with van der Waals surface area (Å²) in [4.78, 5) is 0.0556. The first-order valence-electron chi connectivity index (χ1n) is 5.68. The van der Waals surface area contributed by atoms with Crippen molar-refractivity contribution in [2.45, 2.75) is 11.4 Å². The Kier molecular flexibility index (Phi) is 4.55. The number of sulfonamides is 1. The first-order valence-corrected chi connectivity index (χ1v) is 7.92. The van der Waals surface area contributed by atoms with Gasteiger partial charge in [0.05, 0.1) is 15.7 Å². The number of nitrogen functional groups attached to an aromatic ring is 1. The first kappa shape index (κ1) is 15.1. The highest BCUT2D eigenvalue weighted by atomic mass is 35.5. The highest BCUT2D eigenvalue weighted by Gasteiger charge is 2.16. The predicted octanol–water partition coefficient (Wildman–Crippen LogP) is 3.05. The fourth-order valence-corrected chi connectivity index (χ4v) is 3.10. The lowest BCUT2D eigenvalue weighted by Gasteiger charge is -2.09. The van der Waals surface area contributed by atoms with Gasteiger partial charge in [0.2, 0.25) is 10.0 Å². The summed E-state index contributed by atoms with van der Waals surface area (Å²) < 4.78 is 26.7. The van der Waals surface area contributed by atoms with E-state index in [4.69, 9.17) is 28.9 Å². The molecule has 0 unspecified atom stereocenters. The van der Waals surface area contributed by atoms with Gasteiger partial charge in [-0.15, -0.1) is 0 Å². The molecule has 20 heavy (non-hydrogen) atoms. The van der Waals surface area contributed by atoms with Crippen LogP contribution < -0.4 is 10.5 Å². The maximum atomic E-state index is 12.1. The van der Waals surface area contributed by atoms with E-state index in [2.05, 4.69) is 4.72 Å². The Bertz CT molecular complexity index is 733. The average Bonchev–Trinajstić information content (AvgIpc) is 2.40. The van der Waals surface area contributed by atoms with E-state index in [0.717, 1.165) is 0 Å². The third-order valence-corrected chi connectivity index (χ3v) is 4.87. The number of rotatable bonds is 4. The van der Waals surface area contributed by atoms with E-state index in [1.54, 1.807) is 30.3 Å². The van der Waals surface area contributed by atoms with Gasteiger partial charge in [0.25, 0.3) is 0 Å². The second-order valence-electron chi connectivity index (χ2n) is 4.11. The van der Waals surface area contributed by atoms with Gasteiger partial charge >= 0.3 is 0 Å². The van der Waals surface area contributed by atoms with E-state index in [1.807, 2.05) is 0 Å². The van der Waals surface area contributed by atoms with Crippen LogP contribution in [-0.2, 0) is 16.6 Å². The normalized spacial score (nSPS) is 11.5. The molecule has 2 rings (SSSR count).